The van der Waals surface area contributed by atoms with Crippen molar-refractivity contribution in [3.8, 4) is 11.5 Å². The van der Waals surface area contributed by atoms with Crippen LogP contribution in [0.1, 0.15) is 22.4 Å². The lowest BCUT2D eigenvalue weighted by atomic mass is 10.1. The van der Waals surface area contributed by atoms with Crippen LogP contribution >= 0.6 is 0 Å². The first-order valence-corrected chi connectivity index (χ1v) is 9.73. The molecule has 1 aromatic heterocycles. The molecule has 0 bridgehead atoms. The van der Waals surface area contributed by atoms with Gasteiger partial charge in [-0.25, -0.2) is 4.98 Å². The molecule has 7 heteroatoms. The largest absolute Gasteiger partial charge is 0.493 e. The van der Waals surface area contributed by atoms with Crippen molar-refractivity contribution < 1.29 is 9.47 Å². The number of anilines is 2. The molecule has 0 saturated carbocycles. The minimum atomic E-state index is 0.559. The van der Waals surface area contributed by atoms with Crippen molar-refractivity contribution in [3.63, 3.8) is 0 Å². The summed E-state index contributed by atoms with van der Waals surface area (Å²) in [6, 6.07) is 15.9. The summed E-state index contributed by atoms with van der Waals surface area (Å²) in [4.78, 5) is 8.93. The number of hydrogen-bond acceptors (Lipinski definition) is 7. The van der Waals surface area contributed by atoms with Crippen LogP contribution in [0.5, 0.6) is 11.5 Å². The van der Waals surface area contributed by atoms with E-state index in [0.29, 0.717) is 18.3 Å². The molecule has 0 unspecified atom stereocenters. The van der Waals surface area contributed by atoms with Crippen LogP contribution in [0.15, 0.2) is 53.6 Å². The quantitative estimate of drug-likeness (QED) is 0.410. The summed E-state index contributed by atoms with van der Waals surface area (Å²) in [6.45, 7) is 4.67. The number of benzene rings is 2. The predicted octanol–water partition coefficient (Wildman–Crippen LogP) is 4.21. The fourth-order valence-corrected chi connectivity index (χ4v) is 2.98. The fraction of sp³-hybridized carbons (Fsp3) is 0.261. The van der Waals surface area contributed by atoms with Crippen molar-refractivity contribution in [2.24, 2.45) is 5.10 Å². The molecule has 0 atom stereocenters. The third-order valence-corrected chi connectivity index (χ3v) is 4.43. The van der Waals surface area contributed by atoms with Gasteiger partial charge in [0.15, 0.2) is 17.3 Å². The Hall–Kier alpha value is -3.61. The van der Waals surface area contributed by atoms with Crippen LogP contribution in [-0.2, 0) is 6.42 Å². The minimum Gasteiger partial charge on any atom is -0.493 e. The van der Waals surface area contributed by atoms with Gasteiger partial charge in [0.25, 0.3) is 0 Å². The molecular weight excluding hydrogens is 378 g/mol. The molecule has 7 nitrogen and oxygen atoms in total. The smallest absolute Gasteiger partial charge is 0.224 e. The Kier molecular flexibility index (Phi) is 7.21. The van der Waals surface area contributed by atoms with Gasteiger partial charge in [-0.3, -0.25) is 5.43 Å². The Morgan fingerprint density at radius 2 is 1.80 bits per heavy atom. The second-order valence-corrected chi connectivity index (χ2v) is 6.87. The number of methoxy groups -OCH3 is 2. The zero-order valence-corrected chi connectivity index (χ0v) is 17.8. The number of nitrogens with one attached hydrogen (secondary N) is 2. The molecule has 0 aliphatic heterocycles. The molecule has 0 spiro atoms. The van der Waals surface area contributed by atoms with E-state index >= 15 is 0 Å². The third-order valence-electron chi connectivity index (χ3n) is 4.43. The molecule has 0 aliphatic rings. The fourth-order valence-electron chi connectivity index (χ4n) is 2.98. The Morgan fingerprint density at radius 1 is 0.967 bits per heavy atom. The topological polar surface area (TPSA) is 80.7 Å². The van der Waals surface area contributed by atoms with Crippen molar-refractivity contribution in [1.82, 2.24) is 9.97 Å². The molecule has 0 aliphatic carbocycles. The molecule has 3 aromatic rings. The van der Waals surface area contributed by atoms with Gasteiger partial charge < -0.3 is 14.8 Å². The highest BCUT2D eigenvalue weighted by Crippen LogP contribution is 2.27. The van der Waals surface area contributed by atoms with Crippen molar-refractivity contribution in [2.45, 2.75) is 20.3 Å². The first-order chi connectivity index (χ1) is 14.6. The maximum absolute atomic E-state index is 5.36. The molecule has 0 fully saturated rings. The summed E-state index contributed by atoms with van der Waals surface area (Å²) in [6.07, 6.45) is 2.57. The summed E-state index contributed by atoms with van der Waals surface area (Å²) in [5.41, 5.74) is 7.19. The van der Waals surface area contributed by atoms with E-state index < -0.39 is 0 Å². The van der Waals surface area contributed by atoms with Gasteiger partial charge in [-0.15, -0.1) is 0 Å². The highest BCUT2D eigenvalue weighted by atomic mass is 16.5. The van der Waals surface area contributed by atoms with Gasteiger partial charge >= 0.3 is 0 Å². The van der Waals surface area contributed by atoms with Gasteiger partial charge in [0.05, 0.1) is 20.4 Å². The van der Waals surface area contributed by atoms with E-state index in [1.807, 2.05) is 43.3 Å². The molecule has 30 heavy (non-hydrogen) atoms. The van der Waals surface area contributed by atoms with Crippen LogP contribution in [0, 0.1) is 13.8 Å². The maximum atomic E-state index is 5.36. The summed E-state index contributed by atoms with van der Waals surface area (Å²) < 4.78 is 10.6. The number of nitrogens with zero attached hydrogens (tertiary/aromatic N) is 3. The molecule has 3 rings (SSSR count). The van der Waals surface area contributed by atoms with Gasteiger partial charge in [-0.1, -0.05) is 35.9 Å². The first-order valence-electron chi connectivity index (χ1n) is 9.73. The van der Waals surface area contributed by atoms with Crippen LogP contribution in [0.25, 0.3) is 0 Å². The number of rotatable bonds is 9. The molecule has 1 heterocycles. The zero-order chi connectivity index (χ0) is 21.3. The van der Waals surface area contributed by atoms with E-state index in [9.17, 15) is 0 Å². The number of aryl methyl sites for hydroxylation is 2. The highest BCUT2D eigenvalue weighted by Gasteiger charge is 2.05. The van der Waals surface area contributed by atoms with Crippen LogP contribution in [0.4, 0.5) is 11.8 Å². The van der Waals surface area contributed by atoms with E-state index in [-0.39, 0.29) is 0 Å². The van der Waals surface area contributed by atoms with Crippen molar-refractivity contribution in [1.29, 1.82) is 0 Å². The standard InChI is InChI=1S/C23H27N5O2/c1-16-6-5-7-19(12-16)15-25-28-22-13-17(2)26-23(27-22)24-11-10-18-8-9-20(29-3)21(14-18)30-4/h5-9,12-15H,10-11H2,1-4H3,(H2,24,26,27,28)/b25-15+. The van der Waals surface area contributed by atoms with E-state index in [2.05, 4.69) is 44.9 Å². The second kappa shape index (κ2) is 10.2. The van der Waals surface area contributed by atoms with E-state index in [4.69, 9.17) is 9.47 Å². The molecule has 2 aromatic carbocycles. The summed E-state index contributed by atoms with van der Waals surface area (Å²) in [5.74, 6) is 2.64. The lowest BCUT2D eigenvalue weighted by Crippen LogP contribution is -2.09. The van der Waals surface area contributed by atoms with E-state index in [1.54, 1.807) is 20.4 Å². The highest BCUT2D eigenvalue weighted by molar-refractivity contribution is 5.80. The van der Waals surface area contributed by atoms with Gasteiger partial charge in [-0.05, 0) is 43.5 Å². The van der Waals surface area contributed by atoms with Gasteiger partial charge in [-0.2, -0.15) is 10.1 Å². The Balaban J connectivity index is 1.58. The van der Waals surface area contributed by atoms with Crippen LogP contribution in [0.2, 0.25) is 0 Å². The third kappa shape index (κ3) is 5.94. The average Bonchev–Trinajstić information content (AvgIpc) is 2.73. The summed E-state index contributed by atoms with van der Waals surface area (Å²) in [7, 11) is 3.27. The first kappa shape index (κ1) is 21.1. The van der Waals surface area contributed by atoms with Crippen LogP contribution < -0.4 is 20.2 Å². The molecule has 0 amide bonds. The number of aromatic nitrogens is 2. The van der Waals surface area contributed by atoms with Crippen LogP contribution in [0.3, 0.4) is 0 Å². The predicted molar refractivity (Wildman–Crippen MR) is 121 cm³/mol. The lowest BCUT2D eigenvalue weighted by molar-refractivity contribution is 0.354. The average molecular weight is 406 g/mol. The number of hydrazone groups is 1. The SMILES string of the molecule is COc1ccc(CCNc2nc(C)cc(N/N=C/c3cccc(C)c3)n2)cc1OC. The van der Waals surface area contributed by atoms with Crippen LogP contribution in [-0.4, -0.2) is 36.9 Å². The summed E-state index contributed by atoms with van der Waals surface area (Å²) >= 11 is 0. The molecule has 0 saturated heterocycles. The van der Waals surface area contributed by atoms with Crippen molar-refractivity contribution in [2.75, 3.05) is 31.5 Å². The Labute approximate surface area is 177 Å². The van der Waals surface area contributed by atoms with Gasteiger partial charge in [0, 0.05) is 18.3 Å². The van der Waals surface area contributed by atoms with E-state index in [1.165, 1.54) is 5.56 Å². The molecule has 156 valence electrons. The van der Waals surface area contributed by atoms with E-state index in [0.717, 1.165) is 34.7 Å². The second-order valence-electron chi connectivity index (χ2n) is 6.87. The van der Waals surface area contributed by atoms with Crippen molar-refractivity contribution in [3.05, 3.63) is 70.9 Å². The normalized spacial score (nSPS) is 10.8. The molecular formula is C23H27N5O2. The maximum Gasteiger partial charge on any atom is 0.224 e. The van der Waals surface area contributed by atoms with Gasteiger partial charge in [0.2, 0.25) is 5.95 Å². The van der Waals surface area contributed by atoms with Gasteiger partial charge in [0.1, 0.15) is 0 Å². The number of hydrogen-bond donors (Lipinski definition) is 2. The monoisotopic (exact) mass is 405 g/mol. The zero-order valence-electron chi connectivity index (χ0n) is 17.8. The molecule has 0 radical (unpaired) electrons. The lowest BCUT2D eigenvalue weighted by Gasteiger charge is -2.10. The van der Waals surface area contributed by atoms with Crippen molar-refractivity contribution >= 4 is 18.0 Å². The summed E-state index contributed by atoms with van der Waals surface area (Å²) in [5, 5.41) is 7.55. The molecule has 2 N–H and O–H groups in total. The Morgan fingerprint density at radius 3 is 2.57 bits per heavy atom. The number of ether oxygens (including phenoxy) is 2. The minimum absolute atomic E-state index is 0.559. The Bertz CT molecular complexity index is 1020.